The van der Waals surface area contributed by atoms with Crippen LogP contribution in [0.5, 0.6) is 0 Å². The molecule has 1 aromatic heterocycles. The van der Waals surface area contributed by atoms with Crippen LogP contribution in [0.3, 0.4) is 0 Å². The van der Waals surface area contributed by atoms with Crippen molar-refractivity contribution in [2.75, 3.05) is 28.3 Å². The van der Waals surface area contributed by atoms with Gasteiger partial charge in [-0.2, -0.15) is 13.2 Å². The number of carbonyl (C=O) groups is 3. The van der Waals surface area contributed by atoms with E-state index in [4.69, 9.17) is 0 Å². The van der Waals surface area contributed by atoms with Crippen molar-refractivity contribution in [3.63, 3.8) is 0 Å². The van der Waals surface area contributed by atoms with Crippen molar-refractivity contribution in [3.8, 4) is 0 Å². The lowest BCUT2D eigenvalue weighted by atomic mass is 9.95. The number of likely N-dealkylation sites (N-methyl/N-ethyl adjacent to an activating group) is 1. The predicted molar refractivity (Wildman–Crippen MR) is 155 cm³/mol. The van der Waals surface area contributed by atoms with Crippen molar-refractivity contribution in [2.45, 2.75) is 45.2 Å². The van der Waals surface area contributed by atoms with Gasteiger partial charge in [0.1, 0.15) is 17.7 Å². The summed E-state index contributed by atoms with van der Waals surface area (Å²) in [6.07, 6.45) is -3.54. The summed E-state index contributed by atoms with van der Waals surface area (Å²) in [5.41, 5.74) is 2.31. The number of hydrogen-bond acceptors (Lipinski definition) is 5. The van der Waals surface area contributed by atoms with Gasteiger partial charge in [0.2, 0.25) is 17.7 Å². The van der Waals surface area contributed by atoms with E-state index in [1.165, 1.54) is 37.1 Å². The molecule has 0 aliphatic carbocycles. The number of nitrogens with zero attached hydrogens (tertiary/aromatic N) is 5. The molecule has 1 saturated heterocycles. The van der Waals surface area contributed by atoms with Crippen LogP contribution in [-0.4, -0.2) is 47.2 Å². The van der Waals surface area contributed by atoms with E-state index in [2.05, 4.69) is 11.6 Å². The second-order valence-corrected chi connectivity index (χ2v) is 11.4. The third-order valence-electron chi connectivity index (χ3n) is 8.48. The van der Waals surface area contributed by atoms with E-state index in [1.807, 2.05) is 18.2 Å². The van der Waals surface area contributed by atoms with E-state index >= 15 is 4.39 Å². The third kappa shape index (κ3) is 5.07. The molecule has 0 N–H and O–H groups in total. The molecule has 3 aromatic rings. The van der Waals surface area contributed by atoms with Gasteiger partial charge < -0.3 is 14.7 Å². The molecule has 0 spiro atoms. The van der Waals surface area contributed by atoms with Crippen molar-refractivity contribution in [3.05, 3.63) is 95.0 Å². The molecule has 12 heteroatoms. The summed E-state index contributed by atoms with van der Waals surface area (Å²) in [7, 11) is 1.47. The molecule has 6 rings (SSSR count). The molecule has 0 unspecified atom stereocenters. The van der Waals surface area contributed by atoms with Crippen LogP contribution in [0.25, 0.3) is 0 Å². The maximum Gasteiger partial charge on any atom is 0.416 e. The molecular formula is C32H29F4N5O3. The van der Waals surface area contributed by atoms with Crippen molar-refractivity contribution < 1.29 is 31.9 Å². The van der Waals surface area contributed by atoms with Crippen LogP contribution >= 0.6 is 0 Å². The lowest BCUT2D eigenvalue weighted by molar-refractivity contribution is -0.137. The first-order valence-corrected chi connectivity index (χ1v) is 14.1. The highest BCUT2D eigenvalue weighted by atomic mass is 19.4. The monoisotopic (exact) mass is 607 g/mol. The number of aryl methyl sites for hydroxylation is 1. The van der Waals surface area contributed by atoms with E-state index < -0.39 is 41.3 Å². The Morgan fingerprint density at radius 3 is 2.57 bits per heavy atom. The molecule has 3 aliphatic heterocycles. The largest absolute Gasteiger partial charge is 0.416 e. The first kappa shape index (κ1) is 29.3. The van der Waals surface area contributed by atoms with Crippen molar-refractivity contribution in [1.82, 2.24) is 9.88 Å². The summed E-state index contributed by atoms with van der Waals surface area (Å²) in [5, 5.41) is 0. The molecule has 44 heavy (non-hydrogen) atoms. The number of alkyl halides is 3. The second-order valence-electron chi connectivity index (χ2n) is 11.4. The summed E-state index contributed by atoms with van der Waals surface area (Å²) in [6, 6.07) is 10.7. The number of benzene rings is 2. The molecule has 1 fully saturated rings. The lowest BCUT2D eigenvalue weighted by Gasteiger charge is -2.39. The molecule has 8 nitrogen and oxygen atoms in total. The normalized spacial score (nSPS) is 19.9. The highest BCUT2D eigenvalue weighted by Gasteiger charge is 2.49. The zero-order chi connectivity index (χ0) is 31.5. The summed E-state index contributed by atoms with van der Waals surface area (Å²) in [5.74, 6) is -2.74. The number of para-hydroxylation sites is 1. The van der Waals surface area contributed by atoms with Crippen molar-refractivity contribution >= 4 is 34.9 Å². The van der Waals surface area contributed by atoms with Crippen LogP contribution in [0.1, 0.15) is 34.4 Å². The number of carbonyl (C=O) groups excluding carboxylic acids is 3. The third-order valence-corrected chi connectivity index (χ3v) is 8.48. The lowest BCUT2D eigenvalue weighted by Crippen LogP contribution is -2.52. The number of anilines is 3. The number of amides is 3. The zero-order valence-corrected chi connectivity index (χ0v) is 24.1. The van der Waals surface area contributed by atoms with Crippen LogP contribution in [-0.2, 0) is 40.2 Å². The first-order valence-electron chi connectivity index (χ1n) is 14.1. The minimum atomic E-state index is -4.68. The van der Waals surface area contributed by atoms with Gasteiger partial charge in [0.05, 0.1) is 16.9 Å². The quantitative estimate of drug-likeness (QED) is 0.309. The van der Waals surface area contributed by atoms with Crippen LogP contribution < -0.4 is 14.7 Å². The highest BCUT2D eigenvalue weighted by molar-refractivity contribution is 6.10. The van der Waals surface area contributed by atoms with Gasteiger partial charge in [-0.15, -0.1) is 0 Å². The Hall–Kier alpha value is -4.74. The fourth-order valence-electron chi connectivity index (χ4n) is 6.46. The van der Waals surface area contributed by atoms with Gasteiger partial charge in [0, 0.05) is 51.3 Å². The average molecular weight is 608 g/mol. The van der Waals surface area contributed by atoms with Crippen LogP contribution in [0.2, 0.25) is 0 Å². The standard InChI is InChI=1S/C32H29F4N5O3/c1-4-27(42)39-15-20-9-8-19(11-21(20)16-39)14-40-17-22-12-28(43)41(26-13-23(32(34,35)36)10-18(2)37-26)29(22)31(44)38(3)25-7-5-6-24(33)30(25)40/h4-11,13,22,29H,1,12,14-17H2,2-3H3/t22-,29+/m1/s1. The number of hydrogen-bond donors (Lipinski definition) is 0. The second kappa shape index (κ2) is 10.8. The highest BCUT2D eigenvalue weighted by Crippen LogP contribution is 2.42. The number of pyridine rings is 1. The smallest absolute Gasteiger partial charge is 0.363 e. The van der Waals surface area contributed by atoms with Crippen molar-refractivity contribution in [1.29, 1.82) is 0 Å². The minimum absolute atomic E-state index is 0.0525. The Morgan fingerprint density at radius 2 is 1.84 bits per heavy atom. The molecule has 2 atom stereocenters. The molecule has 3 amide bonds. The Bertz CT molecular complexity index is 1710. The SMILES string of the molecule is C=CC(=O)N1Cc2ccc(CN3C[C@H]4CC(=O)N(c5cc(C(F)(F)F)cc(C)n5)[C@@H]4C(=O)N(C)c4cccc(F)c43)cc2C1. The molecule has 0 bridgehead atoms. The molecule has 0 saturated carbocycles. The molecule has 3 aliphatic rings. The van der Waals surface area contributed by atoms with E-state index in [0.29, 0.717) is 13.1 Å². The fraction of sp³-hybridized carbons (Fsp3) is 0.312. The van der Waals surface area contributed by atoms with Crippen molar-refractivity contribution in [2.24, 2.45) is 5.92 Å². The van der Waals surface area contributed by atoms with E-state index in [-0.39, 0.29) is 48.3 Å². The van der Waals surface area contributed by atoms with Gasteiger partial charge in [-0.3, -0.25) is 19.3 Å². The summed E-state index contributed by atoms with van der Waals surface area (Å²) in [6.45, 7) is 6.12. The number of halogens is 4. The molecule has 4 heterocycles. The Morgan fingerprint density at radius 1 is 1.09 bits per heavy atom. The van der Waals surface area contributed by atoms with Gasteiger partial charge in [0.25, 0.3) is 0 Å². The van der Waals surface area contributed by atoms with Crippen LogP contribution in [0.15, 0.2) is 61.2 Å². The summed E-state index contributed by atoms with van der Waals surface area (Å²) < 4.78 is 56.6. The fourth-order valence-corrected chi connectivity index (χ4v) is 6.46. The predicted octanol–water partition coefficient (Wildman–Crippen LogP) is 4.98. The van der Waals surface area contributed by atoms with Gasteiger partial charge in [-0.05, 0) is 54.0 Å². The molecule has 2 aromatic carbocycles. The summed E-state index contributed by atoms with van der Waals surface area (Å²) >= 11 is 0. The van der Waals surface area contributed by atoms with Crippen LogP contribution in [0.4, 0.5) is 34.8 Å². The van der Waals surface area contributed by atoms with E-state index in [9.17, 15) is 27.6 Å². The Balaban J connectivity index is 1.39. The number of fused-ring (bicyclic) bond motifs is 3. The topological polar surface area (TPSA) is 77.1 Å². The Kier molecular flexibility index (Phi) is 7.17. The van der Waals surface area contributed by atoms with Crippen LogP contribution in [0, 0.1) is 18.7 Å². The number of aromatic nitrogens is 1. The minimum Gasteiger partial charge on any atom is -0.363 e. The van der Waals surface area contributed by atoms with Gasteiger partial charge >= 0.3 is 6.18 Å². The first-order chi connectivity index (χ1) is 20.8. The van der Waals surface area contributed by atoms with E-state index in [1.54, 1.807) is 15.9 Å². The maximum atomic E-state index is 15.6. The average Bonchev–Trinajstić information content (AvgIpc) is 3.54. The molecule has 0 radical (unpaired) electrons. The van der Waals surface area contributed by atoms with E-state index in [0.717, 1.165) is 33.7 Å². The summed E-state index contributed by atoms with van der Waals surface area (Å²) in [4.78, 5) is 49.5. The Labute approximate surface area is 251 Å². The van der Waals surface area contributed by atoms with Gasteiger partial charge in [0.15, 0.2) is 0 Å². The van der Waals surface area contributed by atoms with Gasteiger partial charge in [-0.25, -0.2) is 9.37 Å². The molecule has 228 valence electrons. The number of rotatable bonds is 4. The maximum absolute atomic E-state index is 15.6. The van der Waals surface area contributed by atoms with Gasteiger partial charge in [-0.1, -0.05) is 30.8 Å². The molecular weight excluding hydrogens is 578 g/mol. The zero-order valence-electron chi connectivity index (χ0n) is 24.1.